The highest BCUT2D eigenvalue weighted by Crippen LogP contribution is 2.15. The van der Waals surface area contributed by atoms with E-state index in [1.807, 2.05) is 44.2 Å². The fourth-order valence-corrected chi connectivity index (χ4v) is 2.00. The van der Waals surface area contributed by atoms with Crippen molar-refractivity contribution >= 4 is 11.9 Å². The van der Waals surface area contributed by atoms with Crippen molar-refractivity contribution in [3.8, 4) is 0 Å². The zero-order valence-electron chi connectivity index (χ0n) is 10.6. The standard InChI is InChI=1S/C14H17NO3/c1-9(2)12-13(16)15-11(14(17)18-12)8-10-6-4-3-5-7-10/h3-7,9,11-12H,8H2,1-2H3,(H,15,16)/t11-,12-/m1/s1. The number of ether oxygens (including phenoxy) is 1. The predicted molar refractivity (Wildman–Crippen MR) is 66.8 cm³/mol. The van der Waals surface area contributed by atoms with E-state index in [0.29, 0.717) is 6.42 Å². The molecule has 1 aliphatic rings. The van der Waals surface area contributed by atoms with E-state index < -0.39 is 12.1 Å². The molecule has 0 bridgehead atoms. The van der Waals surface area contributed by atoms with E-state index in [2.05, 4.69) is 5.32 Å². The Morgan fingerprint density at radius 1 is 1.22 bits per heavy atom. The highest BCUT2D eigenvalue weighted by atomic mass is 16.6. The van der Waals surface area contributed by atoms with Crippen molar-refractivity contribution in [3.63, 3.8) is 0 Å². The summed E-state index contributed by atoms with van der Waals surface area (Å²) >= 11 is 0. The van der Waals surface area contributed by atoms with E-state index in [1.165, 1.54) is 0 Å². The van der Waals surface area contributed by atoms with Crippen LogP contribution in [0.15, 0.2) is 30.3 Å². The Labute approximate surface area is 106 Å². The molecule has 18 heavy (non-hydrogen) atoms. The summed E-state index contributed by atoms with van der Waals surface area (Å²) in [6, 6.07) is 9.00. The van der Waals surface area contributed by atoms with Crippen LogP contribution in [0.2, 0.25) is 0 Å². The molecule has 1 aromatic carbocycles. The normalized spacial score (nSPS) is 23.7. The summed E-state index contributed by atoms with van der Waals surface area (Å²) in [7, 11) is 0. The van der Waals surface area contributed by atoms with Crippen LogP contribution >= 0.6 is 0 Å². The van der Waals surface area contributed by atoms with Gasteiger partial charge >= 0.3 is 5.97 Å². The van der Waals surface area contributed by atoms with E-state index in [-0.39, 0.29) is 17.8 Å². The van der Waals surface area contributed by atoms with Gasteiger partial charge in [0.15, 0.2) is 6.10 Å². The van der Waals surface area contributed by atoms with Crippen LogP contribution in [0.25, 0.3) is 0 Å². The molecule has 1 aliphatic heterocycles. The minimum atomic E-state index is -0.662. The number of hydrogen-bond donors (Lipinski definition) is 1. The minimum absolute atomic E-state index is 0.00775. The third kappa shape index (κ3) is 2.70. The minimum Gasteiger partial charge on any atom is -0.450 e. The van der Waals surface area contributed by atoms with Crippen molar-refractivity contribution in [1.29, 1.82) is 0 Å². The van der Waals surface area contributed by atoms with E-state index in [9.17, 15) is 9.59 Å². The zero-order valence-corrected chi connectivity index (χ0v) is 10.6. The molecule has 1 fully saturated rings. The van der Waals surface area contributed by atoms with Crippen molar-refractivity contribution < 1.29 is 14.3 Å². The summed E-state index contributed by atoms with van der Waals surface area (Å²) in [6.45, 7) is 3.71. The molecule has 1 aromatic rings. The third-order valence-corrected chi connectivity index (χ3v) is 2.99. The Balaban J connectivity index is 2.04. The summed E-state index contributed by atoms with van der Waals surface area (Å²) < 4.78 is 5.19. The number of rotatable bonds is 3. The van der Waals surface area contributed by atoms with Crippen LogP contribution < -0.4 is 5.32 Å². The van der Waals surface area contributed by atoms with E-state index in [4.69, 9.17) is 4.74 Å². The van der Waals surface area contributed by atoms with Gasteiger partial charge in [-0.05, 0) is 11.5 Å². The second kappa shape index (κ2) is 5.21. The highest BCUT2D eigenvalue weighted by molar-refractivity contribution is 5.92. The van der Waals surface area contributed by atoms with Crippen LogP contribution in [0.3, 0.4) is 0 Å². The molecular weight excluding hydrogens is 230 g/mol. The first-order valence-corrected chi connectivity index (χ1v) is 6.12. The second-order valence-electron chi connectivity index (χ2n) is 4.85. The largest absolute Gasteiger partial charge is 0.450 e. The molecule has 1 heterocycles. The Bertz CT molecular complexity index is 442. The average molecular weight is 247 g/mol. The van der Waals surface area contributed by atoms with Crippen molar-refractivity contribution in [2.24, 2.45) is 5.92 Å². The predicted octanol–water partition coefficient (Wildman–Crippen LogP) is 1.30. The number of carbonyl (C=O) groups is 2. The number of carbonyl (C=O) groups excluding carboxylic acids is 2. The fraction of sp³-hybridized carbons (Fsp3) is 0.429. The number of cyclic esters (lactones) is 1. The van der Waals surface area contributed by atoms with Gasteiger partial charge in [0.25, 0.3) is 5.91 Å². The summed E-state index contributed by atoms with van der Waals surface area (Å²) in [4.78, 5) is 23.6. The van der Waals surface area contributed by atoms with Crippen molar-refractivity contribution in [1.82, 2.24) is 5.32 Å². The number of hydrogen-bond acceptors (Lipinski definition) is 3. The maximum Gasteiger partial charge on any atom is 0.329 e. The quantitative estimate of drug-likeness (QED) is 0.819. The summed E-state index contributed by atoms with van der Waals surface area (Å²) in [5.74, 6) is -0.561. The van der Waals surface area contributed by atoms with Gasteiger partial charge in [0.05, 0.1) is 0 Å². The van der Waals surface area contributed by atoms with Crippen LogP contribution in [-0.4, -0.2) is 24.0 Å². The Morgan fingerprint density at radius 3 is 2.50 bits per heavy atom. The topological polar surface area (TPSA) is 55.4 Å². The molecular formula is C14H17NO3. The molecule has 0 unspecified atom stereocenters. The molecule has 0 spiro atoms. The smallest absolute Gasteiger partial charge is 0.329 e. The first-order chi connectivity index (χ1) is 8.58. The first kappa shape index (κ1) is 12.6. The zero-order chi connectivity index (χ0) is 13.1. The molecule has 0 aromatic heterocycles. The molecule has 0 saturated carbocycles. The number of amides is 1. The molecule has 4 nitrogen and oxygen atoms in total. The van der Waals surface area contributed by atoms with Gasteiger partial charge in [0.2, 0.25) is 0 Å². The van der Waals surface area contributed by atoms with Gasteiger partial charge in [-0.1, -0.05) is 44.2 Å². The van der Waals surface area contributed by atoms with Crippen molar-refractivity contribution in [2.45, 2.75) is 32.4 Å². The lowest BCUT2D eigenvalue weighted by Gasteiger charge is -2.30. The van der Waals surface area contributed by atoms with Crippen LogP contribution in [-0.2, 0) is 20.7 Å². The molecule has 1 N–H and O–H groups in total. The maximum absolute atomic E-state index is 11.8. The third-order valence-electron chi connectivity index (χ3n) is 2.99. The summed E-state index contributed by atoms with van der Waals surface area (Å²) in [6.07, 6.45) is -0.194. The van der Waals surface area contributed by atoms with E-state index >= 15 is 0 Å². The maximum atomic E-state index is 11.8. The number of esters is 1. The molecule has 1 amide bonds. The van der Waals surface area contributed by atoms with Gasteiger partial charge < -0.3 is 10.1 Å². The molecule has 2 atom stereocenters. The molecule has 2 rings (SSSR count). The van der Waals surface area contributed by atoms with E-state index in [1.54, 1.807) is 0 Å². The van der Waals surface area contributed by atoms with Crippen LogP contribution in [0.1, 0.15) is 19.4 Å². The van der Waals surface area contributed by atoms with Gasteiger partial charge in [-0.2, -0.15) is 0 Å². The van der Waals surface area contributed by atoms with Gasteiger partial charge in [-0.3, -0.25) is 4.79 Å². The van der Waals surface area contributed by atoms with Gasteiger partial charge in [-0.15, -0.1) is 0 Å². The second-order valence-corrected chi connectivity index (χ2v) is 4.85. The summed E-state index contributed by atoms with van der Waals surface area (Å²) in [5.41, 5.74) is 1.00. The van der Waals surface area contributed by atoms with Crippen LogP contribution in [0, 0.1) is 5.92 Å². The number of morpholine rings is 1. The SMILES string of the molecule is CC(C)[C@H]1OC(=O)[C@@H](Cc2ccccc2)NC1=O. The van der Waals surface area contributed by atoms with Gasteiger partial charge in [0.1, 0.15) is 6.04 Å². The molecule has 1 saturated heterocycles. The number of nitrogens with one attached hydrogen (secondary N) is 1. The average Bonchev–Trinajstić information content (AvgIpc) is 2.34. The molecule has 0 radical (unpaired) electrons. The lowest BCUT2D eigenvalue weighted by Crippen LogP contribution is -2.56. The monoisotopic (exact) mass is 247 g/mol. The van der Waals surface area contributed by atoms with Crippen LogP contribution in [0.4, 0.5) is 0 Å². The Morgan fingerprint density at radius 2 is 1.89 bits per heavy atom. The highest BCUT2D eigenvalue weighted by Gasteiger charge is 2.37. The fourth-order valence-electron chi connectivity index (χ4n) is 2.00. The van der Waals surface area contributed by atoms with E-state index in [0.717, 1.165) is 5.56 Å². The molecule has 96 valence electrons. The number of benzene rings is 1. The van der Waals surface area contributed by atoms with Gasteiger partial charge in [0, 0.05) is 6.42 Å². The Hall–Kier alpha value is -1.84. The molecule has 0 aliphatic carbocycles. The van der Waals surface area contributed by atoms with Crippen molar-refractivity contribution in [3.05, 3.63) is 35.9 Å². The molecule has 4 heteroatoms. The lowest BCUT2D eigenvalue weighted by atomic mass is 10.0. The van der Waals surface area contributed by atoms with Crippen molar-refractivity contribution in [2.75, 3.05) is 0 Å². The van der Waals surface area contributed by atoms with Crippen LogP contribution in [0.5, 0.6) is 0 Å². The lowest BCUT2D eigenvalue weighted by molar-refractivity contribution is -0.168. The Kier molecular flexibility index (Phi) is 3.65. The van der Waals surface area contributed by atoms with Gasteiger partial charge in [-0.25, -0.2) is 4.79 Å². The first-order valence-electron chi connectivity index (χ1n) is 6.12. The summed E-state index contributed by atoms with van der Waals surface area (Å²) in [5, 5.41) is 2.73.